The number of likely N-dealkylation sites (tertiary alicyclic amines) is 1. The van der Waals surface area contributed by atoms with Gasteiger partial charge in [-0.2, -0.15) is 0 Å². The van der Waals surface area contributed by atoms with Crippen molar-refractivity contribution < 1.29 is 19.0 Å². The largest absolute Gasteiger partial charge is 0.489 e. The van der Waals surface area contributed by atoms with Crippen LogP contribution in [-0.2, 0) is 4.74 Å². The molecule has 2 fully saturated rings. The Kier molecular flexibility index (Phi) is 7.08. The molecule has 5 heteroatoms. The number of hydrogen-bond acceptors (Lipinski definition) is 4. The van der Waals surface area contributed by atoms with Crippen LogP contribution in [0.5, 0.6) is 5.75 Å². The fourth-order valence-electron chi connectivity index (χ4n) is 3.81. The SMILES string of the molecule is OC(COC1CCCCC1)CN1CCC[C@H](Oc2ccc(F)cc2)C1. The minimum Gasteiger partial charge on any atom is -0.489 e. The third kappa shape index (κ3) is 6.24. The van der Waals surface area contributed by atoms with Gasteiger partial charge in [0.25, 0.3) is 0 Å². The average molecular weight is 351 g/mol. The molecular formula is C20H30FNO3. The van der Waals surface area contributed by atoms with Gasteiger partial charge in [-0.3, -0.25) is 4.90 Å². The smallest absolute Gasteiger partial charge is 0.123 e. The molecule has 0 amide bonds. The predicted molar refractivity (Wildman–Crippen MR) is 95.3 cm³/mol. The van der Waals surface area contributed by atoms with E-state index < -0.39 is 6.10 Å². The predicted octanol–water partition coefficient (Wildman–Crippen LogP) is 3.38. The van der Waals surface area contributed by atoms with Gasteiger partial charge in [-0.15, -0.1) is 0 Å². The van der Waals surface area contributed by atoms with Crippen LogP contribution in [0.2, 0.25) is 0 Å². The van der Waals surface area contributed by atoms with Gasteiger partial charge >= 0.3 is 0 Å². The molecule has 1 saturated carbocycles. The molecule has 1 aromatic carbocycles. The monoisotopic (exact) mass is 351 g/mol. The molecule has 1 aromatic rings. The maximum Gasteiger partial charge on any atom is 0.123 e. The number of hydrogen-bond donors (Lipinski definition) is 1. The Balaban J connectivity index is 1.39. The summed E-state index contributed by atoms with van der Waals surface area (Å²) in [5.74, 6) is 0.452. The van der Waals surface area contributed by atoms with Gasteiger partial charge in [0.2, 0.25) is 0 Å². The minimum atomic E-state index is -0.452. The fourth-order valence-corrected chi connectivity index (χ4v) is 3.81. The maximum absolute atomic E-state index is 13.0. The second kappa shape index (κ2) is 9.51. The lowest BCUT2D eigenvalue weighted by Gasteiger charge is -2.34. The lowest BCUT2D eigenvalue weighted by molar-refractivity contribution is -0.0391. The van der Waals surface area contributed by atoms with Crippen molar-refractivity contribution in [2.75, 3.05) is 26.2 Å². The van der Waals surface area contributed by atoms with E-state index in [2.05, 4.69) is 4.90 Å². The first-order valence-corrected chi connectivity index (χ1v) is 9.63. The summed E-state index contributed by atoms with van der Waals surface area (Å²) in [5, 5.41) is 10.3. The van der Waals surface area contributed by atoms with E-state index in [0.717, 1.165) is 38.8 Å². The van der Waals surface area contributed by atoms with Crippen molar-refractivity contribution in [1.82, 2.24) is 4.90 Å². The zero-order valence-electron chi connectivity index (χ0n) is 14.9. The molecule has 1 aliphatic carbocycles. The van der Waals surface area contributed by atoms with Crippen molar-refractivity contribution in [2.24, 2.45) is 0 Å². The maximum atomic E-state index is 13.0. The molecule has 4 nitrogen and oxygen atoms in total. The van der Waals surface area contributed by atoms with Crippen LogP contribution in [0, 0.1) is 5.82 Å². The van der Waals surface area contributed by atoms with Crippen LogP contribution in [0.3, 0.4) is 0 Å². The van der Waals surface area contributed by atoms with Crippen molar-refractivity contribution in [1.29, 1.82) is 0 Å². The Morgan fingerprint density at radius 2 is 1.76 bits per heavy atom. The van der Waals surface area contributed by atoms with Crippen LogP contribution in [-0.4, -0.2) is 54.6 Å². The molecule has 140 valence electrons. The number of halogens is 1. The van der Waals surface area contributed by atoms with Crippen LogP contribution in [0.25, 0.3) is 0 Å². The standard InChI is InChI=1S/C20H30FNO3/c21-16-8-10-19(11-9-16)25-20-7-4-12-22(14-20)13-17(23)15-24-18-5-2-1-3-6-18/h8-11,17-18,20,23H,1-7,12-15H2/t17?,20-/m0/s1. The topological polar surface area (TPSA) is 41.9 Å². The number of aliphatic hydroxyl groups is 1. The van der Waals surface area contributed by atoms with Crippen LogP contribution in [0.1, 0.15) is 44.9 Å². The van der Waals surface area contributed by atoms with Crippen molar-refractivity contribution in [3.8, 4) is 5.75 Å². The van der Waals surface area contributed by atoms with Gasteiger partial charge in [0.1, 0.15) is 17.7 Å². The first-order chi connectivity index (χ1) is 12.2. The lowest BCUT2D eigenvalue weighted by Crippen LogP contribution is -2.45. The minimum absolute atomic E-state index is 0.0886. The van der Waals surface area contributed by atoms with E-state index in [1.807, 2.05) is 0 Å². The van der Waals surface area contributed by atoms with Crippen molar-refractivity contribution in [3.05, 3.63) is 30.1 Å². The molecule has 25 heavy (non-hydrogen) atoms. The molecule has 2 atom stereocenters. The summed E-state index contributed by atoms with van der Waals surface area (Å²) in [6, 6.07) is 6.17. The second-order valence-corrected chi connectivity index (χ2v) is 7.34. The molecule has 0 radical (unpaired) electrons. The van der Waals surface area contributed by atoms with Crippen LogP contribution in [0.15, 0.2) is 24.3 Å². The van der Waals surface area contributed by atoms with E-state index in [0.29, 0.717) is 25.0 Å². The highest BCUT2D eigenvalue weighted by atomic mass is 19.1. The summed E-state index contributed by atoms with van der Waals surface area (Å²) in [6.07, 6.45) is 8.06. The molecule has 0 aromatic heterocycles. The van der Waals surface area contributed by atoms with Crippen molar-refractivity contribution in [3.63, 3.8) is 0 Å². The van der Waals surface area contributed by atoms with E-state index in [-0.39, 0.29) is 11.9 Å². The summed E-state index contributed by atoms with van der Waals surface area (Å²) in [6.45, 7) is 2.81. The van der Waals surface area contributed by atoms with Gasteiger partial charge in [0, 0.05) is 13.1 Å². The van der Waals surface area contributed by atoms with Gasteiger partial charge in [0.05, 0.1) is 18.8 Å². The average Bonchev–Trinajstić information content (AvgIpc) is 2.63. The fraction of sp³-hybridized carbons (Fsp3) is 0.700. The number of rotatable bonds is 7. The van der Waals surface area contributed by atoms with Crippen LogP contribution in [0.4, 0.5) is 4.39 Å². The van der Waals surface area contributed by atoms with E-state index in [1.54, 1.807) is 12.1 Å². The molecule has 1 N–H and O–H groups in total. The molecule has 1 aliphatic heterocycles. The van der Waals surface area contributed by atoms with Gasteiger partial charge in [-0.05, 0) is 56.5 Å². The Labute approximate surface area is 149 Å². The number of nitrogens with zero attached hydrogens (tertiary/aromatic N) is 1. The highest BCUT2D eigenvalue weighted by molar-refractivity contribution is 5.22. The Morgan fingerprint density at radius 3 is 2.52 bits per heavy atom. The molecule has 3 rings (SSSR count). The summed E-state index contributed by atoms with van der Waals surface area (Å²) >= 11 is 0. The Bertz CT molecular complexity index is 504. The summed E-state index contributed by atoms with van der Waals surface area (Å²) in [7, 11) is 0. The molecule has 1 unspecified atom stereocenters. The lowest BCUT2D eigenvalue weighted by atomic mass is 9.98. The zero-order valence-corrected chi connectivity index (χ0v) is 14.9. The van der Waals surface area contributed by atoms with Gasteiger partial charge < -0.3 is 14.6 Å². The van der Waals surface area contributed by atoms with Crippen molar-refractivity contribution >= 4 is 0 Å². The van der Waals surface area contributed by atoms with Gasteiger partial charge in [0.15, 0.2) is 0 Å². The molecule has 2 aliphatic rings. The number of β-amino-alcohol motifs (C(OH)–C–C–N with tert-alkyl or cyclic N) is 1. The quantitative estimate of drug-likeness (QED) is 0.818. The van der Waals surface area contributed by atoms with E-state index >= 15 is 0 Å². The highest BCUT2D eigenvalue weighted by Gasteiger charge is 2.24. The first kappa shape index (κ1) is 18.6. The Morgan fingerprint density at radius 1 is 1.04 bits per heavy atom. The molecule has 0 spiro atoms. The molecule has 1 heterocycles. The Hall–Kier alpha value is -1.17. The van der Waals surface area contributed by atoms with E-state index in [4.69, 9.17) is 9.47 Å². The number of ether oxygens (including phenoxy) is 2. The first-order valence-electron chi connectivity index (χ1n) is 9.63. The summed E-state index contributed by atoms with van der Waals surface area (Å²) in [5.41, 5.74) is 0. The normalized spacial score (nSPS) is 24.2. The van der Waals surface area contributed by atoms with Crippen LogP contribution < -0.4 is 4.74 Å². The molecular weight excluding hydrogens is 321 g/mol. The zero-order chi connectivity index (χ0) is 17.5. The number of aliphatic hydroxyl groups excluding tert-OH is 1. The third-order valence-corrected chi connectivity index (χ3v) is 5.12. The number of piperidine rings is 1. The van der Waals surface area contributed by atoms with Crippen molar-refractivity contribution in [2.45, 2.75) is 63.3 Å². The molecule has 1 saturated heterocycles. The number of benzene rings is 1. The summed E-state index contributed by atoms with van der Waals surface area (Å²) < 4.78 is 24.8. The highest BCUT2D eigenvalue weighted by Crippen LogP contribution is 2.21. The van der Waals surface area contributed by atoms with E-state index in [1.165, 1.54) is 31.4 Å². The third-order valence-electron chi connectivity index (χ3n) is 5.12. The van der Waals surface area contributed by atoms with Crippen LogP contribution >= 0.6 is 0 Å². The second-order valence-electron chi connectivity index (χ2n) is 7.34. The summed E-state index contributed by atoms with van der Waals surface area (Å²) in [4.78, 5) is 2.24. The molecule has 0 bridgehead atoms. The van der Waals surface area contributed by atoms with Gasteiger partial charge in [-0.1, -0.05) is 19.3 Å². The van der Waals surface area contributed by atoms with Gasteiger partial charge in [-0.25, -0.2) is 4.39 Å². The van der Waals surface area contributed by atoms with E-state index in [9.17, 15) is 9.50 Å².